The number of nitrogens with zero attached hydrogens (tertiary/aromatic N) is 2. The van der Waals surface area contributed by atoms with Crippen molar-refractivity contribution in [1.82, 2.24) is 0 Å². The lowest BCUT2D eigenvalue weighted by molar-refractivity contribution is -0.113. The van der Waals surface area contributed by atoms with Crippen LogP contribution in [0.15, 0.2) is 89.6 Å². The quantitative estimate of drug-likeness (QED) is 0.619. The molecule has 4 heteroatoms. The molecule has 138 valence electrons. The monoisotopic (exact) mass is 368 g/mol. The molecule has 0 atom stereocenters. The molecule has 1 heterocycles. The molecule has 1 aliphatic rings. The van der Waals surface area contributed by atoms with Gasteiger partial charge in [-0.1, -0.05) is 54.6 Å². The third kappa shape index (κ3) is 3.45. The number of rotatable bonds is 4. The minimum atomic E-state index is -0.139. The third-order valence-electron chi connectivity index (χ3n) is 4.57. The average Bonchev–Trinajstić information content (AvgIpc) is 3.05. The van der Waals surface area contributed by atoms with Gasteiger partial charge in [0, 0.05) is 5.56 Å². The van der Waals surface area contributed by atoms with Crippen LogP contribution in [0.2, 0.25) is 0 Å². The summed E-state index contributed by atoms with van der Waals surface area (Å²) in [6.45, 7) is 2.01. The van der Waals surface area contributed by atoms with Gasteiger partial charge in [0.15, 0.2) is 0 Å². The van der Waals surface area contributed by atoms with E-state index in [2.05, 4.69) is 4.99 Å². The predicted octanol–water partition coefficient (Wildman–Crippen LogP) is 4.84. The fourth-order valence-electron chi connectivity index (χ4n) is 3.16. The number of methoxy groups -OCH3 is 1. The fraction of sp³-hybridized carbons (Fsp3) is 0.0833. The minimum Gasteiger partial charge on any atom is -0.497 e. The first-order valence-electron chi connectivity index (χ1n) is 9.07. The zero-order valence-corrected chi connectivity index (χ0v) is 15.8. The van der Waals surface area contributed by atoms with Gasteiger partial charge >= 0.3 is 0 Å². The van der Waals surface area contributed by atoms with Crippen LogP contribution in [0.25, 0.3) is 6.08 Å². The van der Waals surface area contributed by atoms with Gasteiger partial charge in [0.05, 0.1) is 12.8 Å². The summed E-state index contributed by atoms with van der Waals surface area (Å²) >= 11 is 0. The van der Waals surface area contributed by atoms with Gasteiger partial charge in [0.2, 0.25) is 0 Å². The molecule has 3 aromatic carbocycles. The lowest BCUT2D eigenvalue weighted by Crippen LogP contribution is -2.32. The zero-order valence-electron chi connectivity index (χ0n) is 15.8. The summed E-state index contributed by atoms with van der Waals surface area (Å²) in [5.74, 6) is 1.27. The number of hydrogen-bond donors (Lipinski definition) is 0. The molecule has 0 N–H and O–H groups in total. The number of aliphatic imine (C=N–C) groups is 1. The van der Waals surface area contributed by atoms with Crippen molar-refractivity contribution in [2.24, 2.45) is 4.99 Å². The highest BCUT2D eigenvalue weighted by Gasteiger charge is 2.32. The van der Waals surface area contributed by atoms with Crippen molar-refractivity contribution in [2.45, 2.75) is 6.92 Å². The second-order valence-electron chi connectivity index (χ2n) is 6.58. The van der Waals surface area contributed by atoms with Crippen LogP contribution in [0, 0.1) is 6.92 Å². The number of carbonyl (C=O) groups excluding carboxylic acids is 1. The van der Waals surface area contributed by atoms with Crippen molar-refractivity contribution in [3.05, 3.63) is 101 Å². The summed E-state index contributed by atoms with van der Waals surface area (Å²) in [4.78, 5) is 19.6. The van der Waals surface area contributed by atoms with Crippen LogP contribution in [-0.4, -0.2) is 18.9 Å². The van der Waals surface area contributed by atoms with Crippen LogP contribution < -0.4 is 9.64 Å². The fourth-order valence-corrected chi connectivity index (χ4v) is 3.16. The summed E-state index contributed by atoms with van der Waals surface area (Å²) in [6, 6.07) is 25.2. The SMILES string of the molecule is COc1ccc(C=C2N=C(c3ccccc3)N(c3cccc(C)c3)C2=O)cc1. The van der Waals surface area contributed by atoms with Crippen molar-refractivity contribution in [3.63, 3.8) is 0 Å². The van der Waals surface area contributed by atoms with E-state index in [9.17, 15) is 4.79 Å². The molecule has 0 bridgehead atoms. The summed E-state index contributed by atoms with van der Waals surface area (Å²) in [5.41, 5.74) is 4.10. The van der Waals surface area contributed by atoms with E-state index >= 15 is 0 Å². The van der Waals surface area contributed by atoms with Gasteiger partial charge in [-0.3, -0.25) is 9.69 Å². The topological polar surface area (TPSA) is 41.9 Å². The normalized spacial score (nSPS) is 15.1. The number of amides is 1. The van der Waals surface area contributed by atoms with Crippen molar-refractivity contribution in [2.75, 3.05) is 12.0 Å². The molecule has 0 aromatic heterocycles. The smallest absolute Gasteiger partial charge is 0.282 e. The molecule has 28 heavy (non-hydrogen) atoms. The molecule has 1 aliphatic heterocycles. The zero-order chi connectivity index (χ0) is 19.5. The minimum absolute atomic E-state index is 0.139. The van der Waals surface area contributed by atoms with Crippen molar-refractivity contribution < 1.29 is 9.53 Å². The van der Waals surface area contributed by atoms with E-state index < -0.39 is 0 Å². The average molecular weight is 368 g/mol. The lowest BCUT2D eigenvalue weighted by Gasteiger charge is -2.19. The molecule has 0 saturated heterocycles. The summed E-state index contributed by atoms with van der Waals surface area (Å²) in [6.07, 6.45) is 1.81. The van der Waals surface area contributed by atoms with Crippen LogP contribution in [0.1, 0.15) is 16.7 Å². The summed E-state index contributed by atoms with van der Waals surface area (Å²) < 4.78 is 5.20. The van der Waals surface area contributed by atoms with Crippen molar-refractivity contribution in [3.8, 4) is 5.75 Å². The first-order valence-corrected chi connectivity index (χ1v) is 9.07. The predicted molar refractivity (Wildman–Crippen MR) is 113 cm³/mol. The molecule has 4 nitrogen and oxygen atoms in total. The van der Waals surface area contributed by atoms with Gasteiger partial charge in [0.25, 0.3) is 5.91 Å². The van der Waals surface area contributed by atoms with Crippen LogP contribution in [0.3, 0.4) is 0 Å². The van der Waals surface area contributed by atoms with Crippen LogP contribution in [-0.2, 0) is 4.79 Å². The van der Waals surface area contributed by atoms with Gasteiger partial charge in [0.1, 0.15) is 17.3 Å². The number of ether oxygens (including phenoxy) is 1. The van der Waals surface area contributed by atoms with Gasteiger partial charge < -0.3 is 4.74 Å². The molecular weight excluding hydrogens is 348 g/mol. The maximum Gasteiger partial charge on any atom is 0.282 e. The maximum atomic E-state index is 13.2. The molecule has 0 fully saturated rings. The van der Waals surface area contributed by atoms with E-state index in [0.717, 1.165) is 28.1 Å². The van der Waals surface area contributed by atoms with Gasteiger partial charge in [-0.15, -0.1) is 0 Å². The van der Waals surface area contributed by atoms with Gasteiger partial charge in [-0.2, -0.15) is 0 Å². The Balaban J connectivity index is 1.79. The molecule has 0 unspecified atom stereocenters. The second kappa shape index (κ2) is 7.53. The molecule has 3 aromatic rings. The Hall–Kier alpha value is -3.66. The Morgan fingerprint density at radius 3 is 2.36 bits per heavy atom. The summed E-state index contributed by atoms with van der Waals surface area (Å²) in [5, 5.41) is 0. The molecule has 0 radical (unpaired) electrons. The Bertz CT molecular complexity index is 1070. The Morgan fingerprint density at radius 1 is 0.929 bits per heavy atom. The van der Waals surface area contributed by atoms with E-state index in [-0.39, 0.29) is 5.91 Å². The van der Waals surface area contributed by atoms with E-state index in [1.807, 2.05) is 85.8 Å². The van der Waals surface area contributed by atoms with E-state index in [4.69, 9.17) is 4.74 Å². The van der Waals surface area contributed by atoms with E-state index in [0.29, 0.717) is 11.5 Å². The Labute approximate surface area is 164 Å². The molecular formula is C24H20N2O2. The van der Waals surface area contributed by atoms with Gasteiger partial charge in [-0.25, -0.2) is 4.99 Å². The first kappa shape index (κ1) is 17.7. The molecule has 0 spiro atoms. The van der Waals surface area contributed by atoms with Crippen LogP contribution in [0.5, 0.6) is 5.75 Å². The highest BCUT2D eigenvalue weighted by molar-refractivity contribution is 6.33. The molecule has 0 aliphatic carbocycles. The number of hydrogen-bond acceptors (Lipinski definition) is 3. The van der Waals surface area contributed by atoms with E-state index in [1.165, 1.54) is 0 Å². The van der Waals surface area contributed by atoms with Crippen molar-refractivity contribution >= 4 is 23.5 Å². The first-order chi connectivity index (χ1) is 13.7. The highest BCUT2D eigenvalue weighted by Crippen LogP contribution is 2.28. The number of amidine groups is 1. The van der Waals surface area contributed by atoms with Crippen molar-refractivity contribution in [1.29, 1.82) is 0 Å². The largest absolute Gasteiger partial charge is 0.497 e. The molecule has 1 amide bonds. The number of anilines is 1. The molecule has 4 rings (SSSR count). The lowest BCUT2D eigenvalue weighted by atomic mass is 10.1. The molecule has 0 saturated carbocycles. The van der Waals surface area contributed by atoms with Crippen LogP contribution in [0.4, 0.5) is 5.69 Å². The van der Waals surface area contributed by atoms with E-state index in [1.54, 1.807) is 18.1 Å². The standard InChI is InChI=1S/C24H20N2O2/c1-17-7-6-10-20(15-17)26-23(19-8-4-3-5-9-19)25-22(24(26)27)16-18-11-13-21(28-2)14-12-18/h3-16H,1-2H3. The highest BCUT2D eigenvalue weighted by atomic mass is 16.5. The number of benzene rings is 3. The van der Waals surface area contributed by atoms with Crippen LogP contribution >= 0.6 is 0 Å². The van der Waals surface area contributed by atoms with Gasteiger partial charge in [-0.05, 0) is 48.4 Å². The Morgan fingerprint density at radius 2 is 1.68 bits per heavy atom. The third-order valence-corrected chi connectivity index (χ3v) is 4.57. The maximum absolute atomic E-state index is 13.2. The Kier molecular flexibility index (Phi) is 4.77. The number of carbonyl (C=O) groups is 1. The second-order valence-corrected chi connectivity index (χ2v) is 6.58. The summed E-state index contributed by atoms with van der Waals surface area (Å²) in [7, 11) is 1.63. The number of aryl methyl sites for hydroxylation is 1.